The van der Waals surface area contributed by atoms with Gasteiger partial charge in [-0.3, -0.25) is 0 Å². The summed E-state index contributed by atoms with van der Waals surface area (Å²) in [7, 11) is 0. The van der Waals surface area contributed by atoms with E-state index in [-0.39, 0.29) is 0 Å². The molecule has 2 heteroatoms. The van der Waals surface area contributed by atoms with Gasteiger partial charge in [0.25, 0.3) is 0 Å². The molecule has 0 bridgehead atoms. The minimum atomic E-state index is -0.880. The summed E-state index contributed by atoms with van der Waals surface area (Å²) in [5, 5.41) is 9.15. The van der Waals surface area contributed by atoms with E-state index in [0.717, 1.165) is 18.4 Å². The quantitative estimate of drug-likeness (QED) is 0.225. The normalized spacial score (nSPS) is 17.6. The molecule has 0 amide bonds. The first kappa shape index (κ1) is 25.3. The fraction of sp³-hybridized carbons (Fsp3) is 0.516. The number of aryl methyl sites for hydroxylation is 2. The zero-order valence-corrected chi connectivity index (χ0v) is 21.1. The molecule has 2 aromatic rings. The Morgan fingerprint density at radius 1 is 1.03 bits per heavy atom. The maximum absolute atomic E-state index is 11.1. The molecular weight excluding hydrogens is 404 g/mol. The molecule has 178 valence electrons. The number of carbonyl (C=O) groups is 1. The number of fused-ring (bicyclic) bond motifs is 1. The van der Waals surface area contributed by atoms with Gasteiger partial charge in [-0.15, -0.1) is 0 Å². The summed E-state index contributed by atoms with van der Waals surface area (Å²) in [4.78, 5) is 11.1. The highest BCUT2D eigenvalue weighted by molar-refractivity contribution is 5.88. The third kappa shape index (κ3) is 7.32. The van der Waals surface area contributed by atoms with Gasteiger partial charge in [0.05, 0.1) is 5.56 Å². The zero-order chi connectivity index (χ0) is 23.8. The van der Waals surface area contributed by atoms with Crippen LogP contribution in [0.25, 0.3) is 12.2 Å². The molecule has 1 aliphatic rings. The average molecular weight is 447 g/mol. The van der Waals surface area contributed by atoms with Crippen molar-refractivity contribution in [1.82, 2.24) is 0 Å². The number of benzene rings is 2. The highest BCUT2D eigenvalue weighted by atomic mass is 16.4. The topological polar surface area (TPSA) is 37.3 Å². The number of unbranched alkanes of at least 4 members (excludes halogenated alkanes) is 5. The number of hydrogen-bond donors (Lipinski definition) is 1. The van der Waals surface area contributed by atoms with E-state index in [1.807, 2.05) is 12.1 Å². The van der Waals surface area contributed by atoms with E-state index in [1.54, 1.807) is 17.7 Å². The number of rotatable bonds is 10. The van der Waals surface area contributed by atoms with Crippen LogP contribution in [0.5, 0.6) is 0 Å². The highest BCUT2D eigenvalue weighted by Crippen LogP contribution is 2.41. The maximum Gasteiger partial charge on any atom is 0.335 e. The standard InChI is InChI=1S/C31H42O2/c1-5-6-7-8-9-10-11-26-21-29-23(2)22-31(3,4)19-18-28(29)20-27(26)17-14-24-12-15-25(16-13-24)30(32)33/h12-17,20-21,23H,5-11,18-19,22H2,1-4H3,(H,32,33). The van der Waals surface area contributed by atoms with Crippen molar-refractivity contribution in [1.29, 1.82) is 0 Å². The van der Waals surface area contributed by atoms with Gasteiger partial charge in [0, 0.05) is 0 Å². The minimum absolute atomic E-state index is 0.331. The summed E-state index contributed by atoms with van der Waals surface area (Å²) in [5.41, 5.74) is 7.63. The molecule has 0 saturated carbocycles. The summed E-state index contributed by atoms with van der Waals surface area (Å²) < 4.78 is 0. The molecule has 0 spiro atoms. The molecule has 1 atom stereocenters. The summed E-state index contributed by atoms with van der Waals surface area (Å²) in [5.74, 6) is -0.281. The predicted octanol–water partition coefficient (Wildman–Crippen LogP) is 8.92. The van der Waals surface area contributed by atoms with E-state index >= 15 is 0 Å². The van der Waals surface area contributed by atoms with Crippen molar-refractivity contribution in [2.24, 2.45) is 5.41 Å². The van der Waals surface area contributed by atoms with Crippen molar-refractivity contribution in [3.8, 4) is 0 Å². The van der Waals surface area contributed by atoms with Crippen molar-refractivity contribution < 1.29 is 9.90 Å². The number of aromatic carboxylic acids is 1. The van der Waals surface area contributed by atoms with Crippen LogP contribution in [0.2, 0.25) is 0 Å². The molecule has 0 aromatic heterocycles. The molecule has 3 rings (SSSR count). The van der Waals surface area contributed by atoms with E-state index in [9.17, 15) is 4.79 Å². The second kappa shape index (κ2) is 11.7. The van der Waals surface area contributed by atoms with Crippen LogP contribution in [0.3, 0.4) is 0 Å². The van der Waals surface area contributed by atoms with E-state index in [0.29, 0.717) is 16.9 Å². The lowest BCUT2D eigenvalue weighted by atomic mass is 9.80. The Bertz CT molecular complexity index is 950. The molecule has 0 saturated heterocycles. The molecule has 33 heavy (non-hydrogen) atoms. The first-order valence-corrected chi connectivity index (χ1v) is 13.0. The van der Waals surface area contributed by atoms with Gasteiger partial charge in [-0.1, -0.05) is 96.2 Å². The Kier molecular flexibility index (Phi) is 8.95. The van der Waals surface area contributed by atoms with Crippen LogP contribution in [0.15, 0.2) is 36.4 Å². The minimum Gasteiger partial charge on any atom is -0.478 e. The smallest absolute Gasteiger partial charge is 0.335 e. The first-order chi connectivity index (χ1) is 15.8. The molecular formula is C31H42O2. The van der Waals surface area contributed by atoms with Gasteiger partial charge in [-0.25, -0.2) is 4.79 Å². The molecule has 2 aromatic carbocycles. The van der Waals surface area contributed by atoms with Gasteiger partial charge < -0.3 is 5.11 Å². The Labute approximate surface area is 201 Å². The van der Waals surface area contributed by atoms with Gasteiger partial charge in [0.1, 0.15) is 0 Å². The third-order valence-electron chi connectivity index (χ3n) is 7.27. The molecule has 1 aliphatic carbocycles. The van der Waals surface area contributed by atoms with Crippen molar-refractivity contribution >= 4 is 18.1 Å². The van der Waals surface area contributed by atoms with E-state index in [4.69, 9.17) is 5.11 Å². The van der Waals surface area contributed by atoms with Gasteiger partial charge >= 0.3 is 5.97 Å². The fourth-order valence-electron chi connectivity index (χ4n) is 5.31. The lowest BCUT2D eigenvalue weighted by molar-refractivity contribution is 0.0697. The monoisotopic (exact) mass is 446 g/mol. The molecule has 1 unspecified atom stereocenters. The van der Waals surface area contributed by atoms with Crippen molar-refractivity contribution in [3.63, 3.8) is 0 Å². The number of hydrogen-bond acceptors (Lipinski definition) is 1. The molecule has 2 nitrogen and oxygen atoms in total. The van der Waals surface area contributed by atoms with Crippen LogP contribution < -0.4 is 0 Å². The average Bonchev–Trinajstić information content (AvgIpc) is 2.89. The Balaban J connectivity index is 1.84. The van der Waals surface area contributed by atoms with Gasteiger partial charge in [-0.2, -0.15) is 0 Å². The molecule has 0 radical (unpaired) electrons. The van der Waals surface area contributed by atoms with Gasteiger partial charge in [0.15, 0.2) is 0 Å². The van der Waals surface area contributed by atoms with E-state index < -0.39 is 5.97 Å². The Morgan fingerprint density at radius 2 is 1.73 bits per heavy atom. The molecule has 0 heterocycles. The number of carboxylic acids is 1. The van der Waals surface area contributed by atoms with Crippen LogP contribution in [0, 0.1) is 5.41 Å². The second-order valence-electron chi connectivity index (χ2n) is 10.8. The van der Waals surface area contributed by atoms with Crippen LogP contribution in [-0.4, -0.2) is 11.1 Å². The van der Waals surface area contributed by atoms with Crippen LogP contribution in [0.4, 0.5) is 0 Å². The summed E-state index contributed by atoms with van der Waals surface area (Å²) in [6.07, 6.45) is 17.0. The summed E-state index contributed by atoms with van der Waals surface area (Å²) >= 11 is 0. The lowest BCUT2D eigenvalue weighted by Gasteiger charge is -2.25. The summed E-state index contributed by atoms with van der Waals surface area (Å²) in [6.45, 7) is 9.49. The van der Waals surface area contributed by atoms with Crippen LogP contribution in [0.1, 0.15) is 123 Å². The molecule has 0 aliphatic heterocycles. The first-order valence-electron chi connectivity index (χ1n) is 13.0. The van der Waals surface area contributed by atoms with Crippen LogP contribution in [-0.2, 0) is 12.8 Å². The largest absolute Gasteiger partial charge is 0.478 e. The lowest BCUT2D eigenvalue weighted by Crippen LogP contribution is -2.12. The number of carboxylic acid groups (broad SMARTS) is 1. The second-order valence-corrected chi connectivity index (χ2v) is 10.8. The molecule has 1 N–H and O–H groups in total. The van der Waals surface area contributed by atoms with Crippen molar-refractivity contribution in [2.75, 3.05) is 0 Å². The molecule has 0 fully saturated rings. The fourth-order valence-corrected chi connectivity index (χ4v) is 5.31. The third-order valence-corrected chi connectivity index (χ3v) is 7.27. The van der Waals surface area contributed by atoms with Crippen molar-refractivity contribution in [3.05, 3.63) is 69.8 Å². The summed E-state index contributed by atoms with van der Waals surface area (Å²) in [6, 6.07) is 12.1. The zero-order valence-electron chi connectivity index (χ0n) is 21.1. The van der Waals surface area contributed by atoms with Gasteiger partial charge in [0.2, 0.25) is 0 Å². The van der Waals surface area contributed by atoms with E-state index in [1.165, 1.54) is 68.1 Å². The van der Waals surface area contributed by atoms with Crippen LogP contribution >= 0.6 is 0 Å². The van der Waals surface area contributed by atoms with Gasteiger partial charge in [-0.05, 0) is 83.4 Å². The maximum atomic E-state index is 11.1. The van der Waals surface area contributed by atoms with E-state index in [2.05, 4.69) is 52.0 Å². The van der Waals surface area contributed by atoms with Crippen molar-refractivity contribution in [2.45, 2.75) is 97.8 Å². The SMILES string of the molecule is CCCCCCCCc1cc2c(cc1C=Cc1ccc(C(=O)O)cc1)CCC(C)(C)CC2C. The Morgan fingerprint density at radius 3 is 2.42 bits per heavy atom. The highest BCUT2D eigenvalue weighted by Gasteiger charge is 2.27. The Hall–Kier alpha value is -2.35. The predicted molar refractivity (Wildman–Crippen MR) is 141 cm³/mol.